The Morgan fingerprint density at radius 1 is 1.07 bits per heavy atom. The minimum Gasteiger partial charge on any atom is -0.497 e. The molecular weight excluding hydrogens is 370 g/mol. The second-order valence-electron chi connectivity index (χ2n) is 6.42. The molecule has 7 nitrogen and oxygen atoms in total. The number of benzene rings is 2. The van der Waals surface area contributed by atoms with E-state index in [9.17, 15) is 4.79 Å². The molecule has 3 rings (SSSR count). The first kappa shape index (κ1) is 20.3. The first-order valence-corrected chi connectivity index (χ1v) is 9.28. The lowest BCUT2D eigenvalue weighted by atomic mass is 10.1. The van der Waals surface area contributed by atoms with E-state index in [2.05, 4.69) is 10.3 Å². The number of ether oxygens (including phenoxy) is 3. The summed E-state index contributed by atoms with van der Waals surface area (Å²) in [5, 5.41) is 3.05. The number of carbonyl (C=O) groups excluding carboxylic acids is 1. The topological polar surface area (TPSA) is 74.6 Å². The lowest BCUT2D eigenvalue weighted by Gasteiger charge is -2.19. The van der Waals surface area contributed by atoms with Crippen molar-refractivity contribution >= 4 is 5.91 Å². The number of hydrogen-bond acceptors (Lipinski definition) is 5. The van der Waals surface area contributed by atoms with Gasteiger partial charge < -0.3 is 24.1 Å². The second kappa shape index (κ2) is 9.64. The van der Waals surface area contributed by atoms with Crippen molar-refractivity contribution < 1.29 is 19.0 Å². The Morgan fingerprint density at radius 2 is 1.79 bits per heavy atom. The predicted molar refractivity (Wildman–Crippen MR) is 109 cm³/mol. The maximum Gasteiger partial charge on any atom is 0.224 e. The normalized spacial score (nSPS) is 11.6. The molecule has 1 N–H and O–H groups in total. The average Bonchev–Trinajstić information content (AvgIpc) is 3.18. The maximum atomic E-state index is 12.6. The molecule has 0 aliphatic heterocycles. The van der Waals surface area contributed by atoms with Gasteiger partial charge in [0.1, 0.15) is 17.6 Å². The molecule has 1 amide bonds. The van der Waals surface area contributed by atoms with E-state index in [1.807, 2.05) is 66.3 Å². The Labute approximate surface area is 170 Å². The van der Waals surface area contributed by atoms with Crippen molar-refractivity contribution in [2.24, 2.45) is 7.05 Å². The van der Waals surface area contributed by atoms with E-state index in [1.54, 1.807) is 20.4 Å². The molecular formula is C22H25N3O4. The van der Waals surface area contributed by atoms with Gasteiger partial charge in [-0.2, -0.15) is 0 Å². The molecule has 0 aliphatic rings. The van der Waals surface area contributed by atoms with Crippen LogP contribution in [0.3, 0.4) is 0 Å². The molecule has 0 aliphatic carbocycles. The van der Waals surface area contributed by atoms with Crippen LogP contribution in [0, 0.1) is 0 Å². The van der Waals surface area contributed by atoms with E-state index in [-0.39, 0.29) is 25.0 Å². The van der Waals surface area contributed by atoms with E-state index in [1.165, 1.54) is 0 Å². The second-order valence-corrected chi connectivity index (χ2v) is 6.42. The summed E-state index contributed by atoms with van der Waals surface area (Å²) >= 11 is 0. The van der Waals surface area contributed by atoms with Gasteiger partial charge in [0, 0.05) is 19.4 Å². The van der Waals surface area contributed by atoms with Crippen LogP contribution in [0.5, 0.6) is 17.2 Å². The van der Waals surface area contributed by atoms with Crippen LogP contribution in [0.2, 0.25) is 0 Å². The van der Waals surface area contributed by atoms with Crippen molar-refractivity contribution in [3.05, 3.63) is 72.3 Å². The zero-order valence-corrected chi connectivity index (χ0v) is 16.8. The molecule has 0 spiro atoms. The number of nitrogens with zero attached hydrogens (tertiary/aromatic N) is 2. The third-order valence-electron chi connectivity index (χ3n) is 4.53. The van der Waals surface area contributed by atoms with Gasteiger partial charge in [-0.1, -0.05) is 24.3 Å². The number of amides is 1. The van der Waals surface area contributed by atoms with Gasteiger partial charge in [-0.25, -0.2) is 4.98 Å². The smallest absolute Gasteiger partial charge is 0.224 e. The summed E-state index contributed by atoms with van der Waals surface area (Å²) < 4.78 is 18.1. The van der Waals surface area contributed by atoms with Gasteiger partial charge >= 0.3 is 0 Å². The van der Waals surface area contributed by atoms with Crippen LogP contribution in [-0.2, 0) is 11.8 Å². The summed E-state index contributed by atoms with van der Waals surface area (Å²) in [4.78, 5) is 17.0. The predicted octanol–water partition coefficient (Wildman–Crippen LogP) is 3.11. The van der Waals surface area contributed by atoms with Gasteiger partial charge in [0.05, 0.1) is 27.2 Å². The summed E-state index contributed by atoms with van der Waals surface area (Å²) in [5.74, 6) is 2.61. The molecule has 3 aromatic rings. The largest absolute Gasteiger partial charge is 0.497 e. The Hall–Kier alpha value is -3.48. The minimum absolute atomic E-state index is 0.135. The number of aromatic nitrogens is 2. The third kappa shape index (κ3) is 5.07. The van der Waals surface area contributed by atoms with E-state index in [0.717, 1.165) is 17.1 Å². The van der Waals surface area contributed by atoms with Crippen molar-refractivity contribution in [3.8, 4) is 17.2 Å². The molecule has 0 bridgehead atoms. The van der Waals surface area contributed by atoms with Crippen LogP contribution in [0.4, 0.5) is 0 Å². The SMILES string of the molecule is COc1ccc(C(NC(=O)CCOc2ccccc2OC)c2nccn2C)cc1. The number of nitrogens with one attached hydrogen (secondary N) is 1. The summed E-state index contributed by atoms with van der Waals surface area (Å²) in [6, 6.07) is 14.5. The lowest BCUT2D eigenvalue weighted by molar-refractivity contribution is -0.122. The van der Waals surface area contributed by atoms with Crippen molar-refractivity contribution in [2.45, 2.75) is 12.5 Å². The van der Waals surface area contributed by atoms with Crippen LogP contribution in [0.25, 0.3) is 0 Å². The number of hydrogen-bond donors (Lipinski definition) is 1. The Balaban J connectivity index is 1.67. The number of aryl methyl sites for hydroxylation is 1. The highest BCUT2D eigenvalue weighted by atomic mass is 16.5. The Morgan fingerprint density at radius 3 is 2.41 bits per heavy atom. The van der Waals surface area contributed by atoms with Crippen molar-refractivity contribution in [1.29, 1.82) is 0 Å². The molecule has 152 valence electrons. The van der Waals surface area contributed by atoms with Crippen LogP contribution in [0.15, 0.2) is 60.9 Å². The van der Waals surface area contributed by atoms with Crippen LogP contribution >= 0.6 is 0 Å². The first-order chi connectivity index (χ1) is 14.1. The lowest BCUT2D eigenvalue weighted by Crippen LogP contribution is -2.32. The standard InChI is InChI=1S/C22H25N3O4/c1-25-14-13-23-22(25)21(16-8-10-17(27-2)11-9-16)24-20(26)12-15-29-19-7-5-4-6-18(19)28-3/h4-11,13-14,21H,12,15H2,1-3H3,(H,24,26). The molecule has 2 aromatic carbocycles. The molecule has 0 saturated heterocycles. The van der Waals surface area contributed by atoms with E-state index < -0.39 is 0 Å². The first-order valence-electron chi connectivity index (χ1n) is 9.28. The van der Waals surface area contributed by atoms with Gasteiger partial charge in [0.25, 0.3) is 0 Å². The number of imidazole rings is 1. The Kier molecular flexibility index (Phi) is 6.73. The molecule has 1 unspecified atom stereocenters. The number of carbonyl (C=O) groups is 1. The highest BCUT2D eigenvalue weighted by Crippen LogP contribution is 2.26. The van der Waals surface area contributed by atoms with Gasteiger partial charge in [-0.3, -0.25) is 4.79 Å². The van der Waals surface area contributed by atoms with E-state index >= 15 is 0 Å². The highest BCUT2D eigenvalue weighted by Gasteiger charge is 2.21. The van der Waals surface area contributed by atoms with E-state index in [4.69, 9.17) is 14.2 Å². The zero-order chi connectivity index (χ0) is 20.6. The molecule has 1 heterocycles. The quantitative estimate of drug-likeness (QED) is 0.603. The summed E-state index contributed by atoms with van der Waals surface area (Å²) in [5.41, 5.74) is 0.916. The molecule has 0 radical (unpaired) electrons. The maximum absolute atomic E-state index is 12.6. The minimum atomic E-state index is -0.375. The van der Waals surface area contributed by atoms with Gasteiger partial charge in [-0.15, -0.1) is 0 Å². The van der Waals surface area contributed by atoms with Gasteiger partial charge in [0.2, 0.25) is 5.91 Å². The molecule has 1 aromatic heterocycles. The summed E-state index contributed by atoms with van der Waals surface area (Å²) in [6.07, 6.45) is 3.76. The number of methoxy groups -OCH3 is 2. The monoisotopic (exact) mass is 395 g/mol. The van der Waals surface area contributed by atoms with Crippen LogP contribution < -0.4 is 19.5 Å². The van der Waals surface area contributed by atoms with Crippen molar-refractivity contribution in [2.75, 3.05) is 20.8 Å². The average molecular weight is 395 g/mol. The van der Waals surface area contributed by atoms with Crippen molar-refractivity contribution in [3.63, 3.8) is 0 Å². The summed E-state index contributed by atoms with van der Waals surface area (Å²) in [6.45, 7) is 0.238. The molecule has 1 atom stereocenters. The van der Waals surface area contributed by atoms with E-state index in [0.29, 0.717) is 11.5 Å². The zero-order valence-electron chi connectivity index (χ0n) is 16.8. The Bertz CT molecular complexity index is 937. The fraction of sp³-hybridized carbons (Fsp3) is 0.273. The molecule has 0 fully saturated rings. The van der Waals surface area contributed by atoms with Gasteiger partial charge in [-0.05, 0) is 29.8 Å². The molecule has 29 heavy (non-hydrogen) atoms. The molecule has 0 saturated carbocycles. The summed E-state index contributed by atoms with van der Waals surface area (Å²) in [7, 11) is 5.10. The molecule has 7 heteroatoms. The van der Waals surface area contributed by atoms with Crippen molar-refractivity contribution in [1.82, 2.24) is 14.9 Å². The van der Waals surface area contributed by atoms with Crippen LogP contribution in [0.1, 0.15) is 23.9 Å². The number of para-hydroxylation sites is 2. The van der Waals surface area contributed by atoms with Crippen LogP contribution in [-0.4, -0.2) is 36.3 Å². The third-order valence-corrected chi connectivity index (χ3v) is 4.53. The fourth-order valence-corrected chi connectivity index (χ4v) is 2.97. The van der Waals surface area contributed by atoms with Gasteiger partial charge in [0.15, 0.2) is 11.5 Å². The fourth-order valence-electron chi connectivity index (χ4n) is 2.97. The highest BCUT2D eigenvalue weighted by molar-refractivity contribution is 5.77. The number of rotatable bonds is 9.